The minimum Gasteiger partial charge on any atom is -0.484 e. The van der Waals surface area contributed by atoms with Crippen LogP contribution in [0.4, 0.5) is 0 Å². The third kappa shape index (κ3) is 4.81. The predicted octanol–water partition coefficient (Wildman–Crippen LogP) is 1.82. The number of hydrogen-bond donors (Lipinski definition) is 0. The maximum Gasteiger partial charge on any atom is 0.259 e. The van der Waals surface area contributed by atoms with Crippen molar-refractivity contribution in [3.63, 3.8) is 0 Å². The standard InChI is InChI=1S/C18H21N3O3/c1-20(2)17(22)13-24-16-8-4-7-15(10-16)18(23)21(3)12-14-6-5-9-19-11-14/h4-11H,12-13H2,1-3H3. The molecule has 0 bridgehead atoms. The Kier molecular flexibility index (Phi) is 5.89. The smallest absolute Gasteiger partial charge is 0.259 e. The van der Waals surface area contributed by atoms with Gasteiger partial charge in [-0.1, -0.05) is 12.1 Å². The number of hydrogen-bond acceptors (Lipinski definition) is 4. The molecule has 0 radical (unpaired) electrons. The van der Waals surface area contributed by atoms with Crippen molar-refractivity contribution in [2.24, 2.45) is 0 Å². The molecule has 2 aromatic rings. The van der Waals surface area contributed by atoms with Crippen LogP contribution in [0.15, 0.2) is 48.8 Å². The van der Waals surface area contributed by atoms with Gasteiger partial charge in [-0.25, -0.2) is 0 Å². The van der Waals surface area contributed by atoms with Gasteiger partial charge in [0, 0.05) is 45.6 Å². The van der Waals surface area contributed by atoms with Crippen LogP contribution in [0.3, 0.4) is 0 Å². The SMILES string of the molecule is CN(C)C(=O)COc1cccc(C(=O)N(C)Cc2cccnc2)c1. The quantitative estimate of drug-likeness (QED) is 0.812. The summed E-state index contributed by atoms with van der Waals surface area (Å²) in [5, 5.41) is 0. The Bertz CT molecular complexity index is 702. The first-order valence-corrected chi connectivity index (χ1v) is 7.55. The minimum absolute atomic E-state index is 0.0594. The first-order valence-electron chi connectivity index (χ1n) is 7.55. The highest BCUT2D eigenvalue weighted by Crippen LogP contribution is 2.15. The van der Waals surface area contributed by atoms with Gasteiger partial charge in [0.05, 0.1) is 0 Å². The second-order valence-corrected chi connectivity index (χ2v) is 5.63. The molecule has 1 aromatic heterocycles. The highest BCUT2D eigenvalue weighted by atomic mass is 16.5. The number of carbonyl (C=O) groups is 2. The number of nitrogens with zero attached hydrogens (tertiary/aromatic N) is 3. The monoisotopic (exact) mass is 327 g/mol. The molecule has 0 unspecified atom stereocenters. The molecule has 0 aliphatic rings. The van der Waals surface area contributed by atoms with Crippen molar-refractivity contribution < 1.29 is 14.3 Å². The first kappa shape index (κ1) is 17.5. The van der Waals surface area contributed by atoms with E-state index in [1.54, 1.807) is 62.7 Å². The minimum atomic E-state index is -0.138. The van der Waals surface area contributed by atoms with Crippen molar-refractivity contribution in [2.45, 2.75) is 6.54 Å². The van der Waals surface area contributed by atoms with Crippen LogP contribution >= 0.6 is 0 Å². The summed E-state index contributed by atoms with van der Waals surface area (Å²) in [6.07, 6.45) is 3.43. The third-order valence-corrected chi connectivity index (χ3v) is 3.43. The lowest BCUT2D eigenvalue weighted by atomic mass is 10.2. The van der Waals surface area contributed by atoms with Crippen LogP contribution in [0.1, 0.15) is 15.9 Å². The molecule has 0 aliphatic heterocycles. The predicted molar refractivity (Wildman–Crippen MR) is 90.7 cm³/mol. The summed E-state index contributed by atoms with van der Waals surface area (Å²) in [6.45, 7) is 0.410. The largest absolute Gasteiger partial charge is 0.484 e. The summed E-state index contributed by atoms with van der Waals surface area (Å²) in [7, 11) is 5.07. The maximum atomic E-state index is 12.5. The van der Waals surface area contributed by atoms with E-state index < -0.39 is 0 Å². The summed E-state index contributed by atoms with van der Waals surface area (Å²) in [6, 6.07) is 10.6. The lowest BCUT2D eigenvalue weighted by Crippen LogP contribution is -2.28. The number of ether oxygens (including phenoxy) is 1. The lowest BCUT2D eigenvalue weighted by molar-refractivity contribution is -0.130. The second kappa shape index (κ2) is 8.10. The van der Waals surface area contributed by atoms with Crippen LogP contribution in [0.2, 0.25) is 0 Å². The van der Waals surface area contributed by atoms with Crippen molar-refractivity contribution in [3.8, 4) is 5.75 Å². The average molecular weight is 327 g/mol. The molecular weight excluding hydrogens is 306 g/mol. The Morgan fingerprint density at radius 1 is 1.12 bits per heavy atom. The number of pyridine rings is 1. The van der Waals surface area contributed by atoms with Gasteiger partial charge in [-0.15, -0.1) is 0 Å². The van der Waals surface area contributed by atoms with Gasteiger partial charge in [-0.3, -0.25) is 14.6 Å². The molecule has 6 heteroatoms. The molecule has 2 rings (SSSR count). The summed E-state index contributed by atoms with van der Waals surface area (Å²) in [4.78, 5) is 31.2. The van der Waals surface area contributed by atoms with Gasteiger partial charge in [0.25, 0.3) is 11.8 Å². The van der Waals surface area contributed by atoms with Crippen LogP contribution in [0, 0.1) is 0 Å². The molecule has 1 heterocycles. The summed E-state index contributed by atoms with van der Waals surface area (Å²) in [5.74, 6) is 0.231. The van der Waals surface area contributed by atoms with Crippen molar-refractivity contribution >= 4 is 11.8 Å². The van der Waals surface area contributed by atoms with Crippen molar-refractivity contribution in [1.82, 2.24) is 14.8 Å². The molecule has 126 valence electrons. The van der Waals surface area contributed by atoms with E-state index in [9.17, 15) is 9.59 Å². The molecular formula is C18H21N3O3. The number of rotatable bonds is 6. The van der Waals surface area contributed by atoms with Crippen molar-refractivity contribution in [3.05, 3.63) is 59.9 Å². The van der Waals surface area contributed by atoms with Gasteiger partial charge in [-0.2, -0.15) is 0 Å². The topological polar surface area (TPSA) is 62.7 Å². The Balaban J connectivity index is 2.01. The van der Waals surface area contributed by atoms with E-state index >= 15 is 0 Å². The van der Waals surface area contributed by atoms with Crippen molar-refractivity contribution in [1.29, 1.82) is 0 Å². The molecule has 0 spiro atoms. The molecule has 1 aromatic carbocycles. The highest BCUT2D eigenvalue weighted by molar-refractivity contribution is 5.94. The van der Waals surface area contributed by atoms with E-state index in [2.05, 4.69) is 4.98 Å². The fourth-order valence-electron chi connectivity index (χ4n) is 2.05. The van der Waals surface area contributed by atoms with Crippen LogP contribution in [-0.2, 0) is 11.3 Å². The Hall–Kier alpha value is -2.89. The Labute approximate surface area is 141 Å². The fraction of sp³-hybridized carbons (Fsp3) is 0.278. The fourth-order valence-corrected chi connectivity index (χ4v) is 2.05. The summed E-state index contributed by atoms with van der Waals surface area (Å²) >= 11 is 0. The molecule has 0 aliphatic carbocycles. The number of carbonyl (C=O) groups excluding carboxylic acids is 2. The number of amides is 2. The maximum absolute atomic E-state index is 12.5. The summed E-state index contributed by atoms with van der Waals surface area (Å²) < 4.78 is 5.45. The van der Waals surface area contributed by atoms with Crippen LogP contribution in [0.25, 0.3) is 0 Å². The van der Waals surface area contributed by atoms with E-state index in [-0.39, 0.29) is 18.4 Å². The van der Waals surface area contributed by atoms with Gasteiger partial charge in [-0.05, 0) is 29.8 Å². The normalized spacial score (nSPS) is 10.1. The molecule has 2 amide bonds. The summed E-state index contributed by atoms with van der Waals surface area (Å²) in [5.41, 5.74) is 1.47. The van der Waals surface area contributed by atoms with Gasteiger partial charge in [0.2, 0.25) is 0 Å². The zero-order valence-corrected chi connectivity index (χ0v) is 14.1. The molecule has 24 heavy (non-hydrogen) atoms. The first-order chi connectivity index (χ1) is 11.5. The van der Waals surface area contributed by atoms with Gasteiger partial charge in [0.1, 0.15) is 5.75 Å². The lowest BCUT2D eigenvalue weighted by Gasteiger charge is -2.18. The van der Waals surface area contributed by atoms with Crippen LogP contribution in [-0.4, -0.2) is 54.3 Å². The van der Waals surface area contributed by atoms with Gasteiger partial charge in [0.15, 0.2) is 6.61 Å². The zero-order valence-electron chi connectivity index (χ0n) is 14.1. The van der Waals surface area contributed by atoms with Gasteiger partial charge < -0.3 is 14.5 Å². The van der Waals surface area contributed by atoms with E-state index in [0.29, 0.717) is 17.9 Å². The number of aromatic nitrogens is 1. The van der Waals surface area contributed by atoms with Crippen LogP contribution in [0.5, 0.6) is 5.75 Å². The molecule has 0 saturated carbocycles. The van der Waals surface area contributed by atoms with E-state index in [1.807, 2.05) is 12.1 Å². The number of benzene rings is 1. The highest BCUT2D eigenvalue weighted by Gasteiger charge is 2.13. The zero-order chi connectivity index (χ0) is 17.5. The molecule has 0 N–H and O–H groups in total. The van der Waals surface area contributed by atoms with Gasteiger partial charge >= 0.3 is 0 Å². The van der Waals surface area contributed by atoms with Crippen LogP contribution < -0.4 is 4.74 Å². The second-order valence-electron chi connectivity index (χ2n) is 5.63. The molecule has 6 nitrogen and oxygen atoms in total. The third-order valence-electron chi connectivity index (χ3n) is 3.43. The van der Waals surface area contributed by atoms with E-state index in [0.717, 1.165) is 5.56 Å². The average Bonchev–Trinajstić information content (AvgIpc) is 2.60. The molecule has 0 saturated heterocycles. The number of likely N-dealkylation sites (N-methyl/N-ethyl adjacent to an activating group) is 1. The Morgan fingerprint density at radius 2 is 1.92 bits per heavy atom. The molecule has 0 fully saturated rings. The van der Waals surface area contributed by atoms with E-state index in [1.165, 1.54) is 4.90 Å². The van der Waals surface area contributed by atoms with E-state index in [4.69, 9.17) is 4.74 Å². The Morgan fingerprint density at radius 3 is 2.58 bits per heavy atom. The van der Waals surface area contributed by atoms with Crippen molar-refractivity contribution in [2.75, 3.05) is 27.7 Å². The molecule has 0 atom stereocenters.